The molecule has 2 aromatic carbocycles. The first-order valence-corrected chi connectivity index (χ1v) is 10.3. The number of rotatable bonds is 7. The van der Waals surface area contributed by atoms with Gasteiger partial charge in [0.2, 0.25) is 0 Å². The zero-order chi connectivity index (χ0) is 21.3. The Morgan fingerprint density at radius 1 is 1.00 bits per heavy atom. The van der Waals surface area contributed by atoms with Crippen molar-refractivity contribution in [2.75, 3.05) is 59.0 Å². The summed E-state index contributed by atoms with van der Waals surface area (Å²) in [6.45, 7) is 6.93. The lowest BCUT2D eigenvalue weighted by Crippen LogP contribution is -2.52. The van der Waals surface area contributed by atoms with Gasteiger partial charge in [0.1, 0.15) is 5.75 Å². The summed E-state index contributed by atoms with van der Waals surface area (Å²) in [5, 5.41) is 3.48. The molecule has 0 amide bonds. The van der Waals surface area contributed by atoms with Gasteiger partial charge in [-0.1, -0.05) is 12.1 Å². The highest BCUT2D eigenvalue weighted by Crippen LogP contribution is 2.28. The monoisotopic (exact) mass is 540 g/mol. The maximum absolute atomic E-state index is 5.68. The molecule has 0 atom stereocenters. The molecule has 170 valence electrons. The van der Waals surface area contributed by atoms with Gasteiger partial charge in [0.25, 0.3) is 0 Å². The summed E-state index contributed by atoms with van der Waals surface area (Å²) in [6, 6.07) is 14.2. The van der Waals surface area contributed by atoms with Crippen LogP contribution in [0.5, 0.6) is 17.2 Å². The van der Waals surface area contributed by atoms with Gasteiger partial charge in [-0.2, -0.15) is 0 Å². The van der Waals surface area contributed by atoms with E-state index in [0.29, 0.717) is 13.2 Å². The Balaban J connectivity index is 0.00000341. The molecule has 1 aliphatic heterocycles. The first-order valence-electron chi connectivity index (χ1n) is 10.3. The largest absolute Gasteiger partial charge is 0.497 e. The van der Waals surface area contributed by atoms with Gasteiger partial charge in [0.15, 0.2) is 17.5 Å². The van der Waals surface area contributed by atoms with Crippen molar-refractivity contribution in [3.8, 4) is 17.2 Å². The molecule has 0 aliphatic carbocycles. The number of nitrogens with zero attached hydrogens (tertiary/aromatic N) is 3. The summed E-state index contributed by atoms with van der Waals surface area (Å²) in [5.74, 6) is 3.31. The fourth-order valence-electron chi connectivity index (χ4n) is 3.60. The molecule has 0 spiro atoms. The third kappa shape index (κ3) is 6.56. The maximum atomic E-state index is 5.68. The fourth-order valence-corrected chi connectivity index (χ4v) is 3.60. The van der Waals surface area contributed by atoms with Gasteiger partial charge in [-0.05, 0) is 36.8 Å². The molecular formula is C23H33IN4O3. The van der Waals surface area contributed by atoms with Crippen molar-refractivity contribution >= 4 is 35.6 Å². The smallest absolute Gasteiger partial charge is 0.194 e. The highest BCUT2D eigenvalue weighted by molar-refractivity contribution is 14.0. The highest BCUT2D eigenvalue weighted by Gasteiger charge is 2.20. The molecular weight excluding hydrogens is 507 g/mol. The molecule has 1 N–H and O–H groups in total. The van der Waals surface area contributed by atoms with Crippen molar-refractivity contribution in [1.29, 1.82) is 0 Å². The van der Waals surface area contributed by atoms with Crippen molar-refractivity contribution in [1.82, 2.24) is 10.2 Å². The van der Waals surface area contributed by atoms with Gasteiger partial charge in [0, 0.05) is 51.5 Å². The van der Waals surface area contributed by atoms with Crippen LogP contribution in [-0.4, -0.2) is 64.9 Å². The molecule has 8 heteroatoms. The lowest BCUT2D eigenvalue weighted by atomic mass is 10.2. The second kappa shape index (κ2) is 12.5. The Morgan fingerprint density at radius 2 is 1.77 bits per heavy atom. The third-order valence-corrected chi connectivity index (χ3v) is 5.19. The molecule has 0 aromatic heterocycles. The van der Waals surface area contributed by atoms with Crippen molar-refractivity contribution in [2.24, 2.45) is 4.99 Å². The third-order valence-electron chi connectivity index (χ3n) is 5.19. The summed E-state index contributed by atoms with van der Waals surface area (Å²) in [6.07, 6.45) is 0. The summed E-state index contributed by atoms with van der Waals surface area (Å²) < 4.78 is 16.4. The van der Waals surface area contributed by atoms with Gasteiger partial charge < -0.3 is 29.3 Å². The minimum Gasteiger partial charge on any atom is -0.497 e. The van der Waals surface area contributed by atoms with Gasteiger partial charge >= 0.3 is 0 Å². The number of ether oxygens (including phenoxy) is 3. The number of hydrogen-bond donors (Lipinski definition) is 1. The number of aliphatic imine (C=N–C) groups is 1. The molecule has 1 heterocycles. The first kappa shape index (κ1) is 24.9. The predicted octanol–water partition coefficient (Wildman–Crippen LogP) is 3.62. The van der Waals surface area contributed by atoms with E-state index in [9.17, 15) is 0 Å². The van der Waals surface area contributed by atoms with E-state index in [2.05, 4.69) is 32.2 Å². The Hall–Kier alpha value is -2.36. The molecule has 0 bridgehead atoms. The Morgan fingerprint density at radius 3 is 2.42 bits per heavy atom. The number of anilines is 1. The molecule has 31 heavy (non-hydrogen) atoms. The zero-order valence-corrected chi connectivity index (χ0v) is 21.1. The average Bonchev–Trinajstić information content (AvgIpc) is 2.80. The van der Waals surface area contributed by atoms with E-state index in [1.54, 1.807) is 14.2 Å². The van der Waals surface area contributed by atoms with E-state index < -0.39 is 0 Å². The lowest BCUT2D eigenvalue weighted by molar-refractivity contribution is 0.310. The molecule has 0 unspecified atom stereocenters. The second-order valence-electron chi connectivity index (χ2n) is 6.99. The number of piperazine rings is 1. The summed E-state index contributed by atoms with van der Waals surface area (Å²) in [4.78, 5) is 9.16. The summed E-state index contributed by atoms with van der Waals surface area (Å²) >= 11 is 0. The summed E-state index contributed by atoms with van der Waals surface area (Å²) in [7, 11) is 5.19. The Kier molecular flexibility index (Phi) is 10.0. The van der Waals surface area contributed by atoms with Crippen LogP contribution >= 0.6 is 24.0 Å². The number of benzene rings is 2. The highest BCUT2D eigenvalue weighted by atomic mass is 127. The van der Waals surface area contributed by atoms with E-state index in [-0.39, 0.29) is 24.0 Å². The number of guanidine groups is 1. The van der Waals surface area contributed by atoms with Crippen LogP contribution < -0.4 is 24.4 Å². The molecule has 2 aromatic rings. The number of halogens is 1. The van der Waals surface area contributed by atoms with Crippen LogP contribution in [0.4, 0.5) is 5.69 Å². The van der Waals surface area contributed by atoms with Crippen LogP contribution in [-0.2, 0) is 6.54 Å². The van der Waals surface area contributed by atoms with Crippen LogP contribution in [0.1, 0.15) is 12.5 Å². The molecule has 3 rings (SSSR count). The molecule has 0 radical (unpaired) electrons. The number of methoxy groups -OCH3 is 2. The van der Waals surface area contributed by atoms with E-state index in [0.717, 1.165) is 55.0 Å². The van der Waals surface area contributed by atoms with Gasteiger partial charge in [-0.3, -0.25) is 4.99 Å². The SMILES string of the molecule is CCOc1cc(CNC(=NC)N2CCN(c3cccc(OC)c3)CC2)ccc1OC.I. The Bertz CT molecular complexity index is 854. The first-order chi connectivity index (χ1) is 14.7. The second-order valence-corrected chi connectivity index (χ2v) is 6.99. The van der Waals surface area contributed by atoms with Gasteiger partial charge in [-0.15, -0.1) is 24.0 Å². The lowest BCUT2D eigenvalue weighted by Gasteiger charge is -2.37. The van der Waals surface area contributed by atoms with E-state index in [1.165, 1.54) is 5.69 Å². The van der Waals surface area contributed by atoms with E-state index >= 15 is 0 Å². The number of hydrogen-bond acceptors (Lipinski definition) is 5. The minimum absolute atomic E-state index is 0. The van der Waals surface area contributed by atoms with Crippen LogP contribution in [0.3, 0.4) is 0 Å². The molecule has 7 nitrogen and oxygen atoms in total. The van der Waals surface area contributed by atoms with Gasteiger partial charge in [-0.25, -0.2) is 0 Å². The topological polar surface area (TPSA) is 58.6 Å². The van der Waals surface area contributed by atoms with Crippen molar-refractivity contribution in [2.45, 2.75) is 13.5 Å². The van der Waals surface area contributed by atoms with Crippen LogP contribution in [0, 0.1) is 0 Å². The van der Waals surface area contributed by atoms with Crippen molar-refractivity contribution in [3.05, 3.63) is 48.0 Å². The van der Waals surface area contributed by atoms with Crippen LogP contribution in [0.15, 0.2) is 47.5 Å². The average molecular weight is 540 g/mol. The normalized spacial score (nSPS) is 14.0. The molecule has 1 fully saturated rings. The molecule has 1 saturated heterocycles. The standard InChI is InChI=1S/C23H32N4O3.HI/c1-5-30-22-15-18(9-10-21(22)29-4)17-25-23(24-2)27-13-11-26(12-14-27)19-7-6-8-20(16-19)28-3;/h6-10,15-16H,5,11-14,17H2,1-4H3,(H,24,25);1H. The maximum Gasteiger partial charge on any atom is 0.194 e. The van der Waals surface area contributed by atoms with Crippen LogP contribution in [0.25, 0.3) is 0 Å². The van der Waals surface area contributed by atoms with Crippen molar-refractivity contribution in [3.63, 3.8) is 0 Å². The predicted molar refractivity (Wildman–Crippen MR) is 137 cm³/mol. The quantitative estimate of drug-likeness (QED) is 0.329. The fraction of sp³-hybridized carbons (Fsp3) is 0.435. The Labute approximate surface area is 202 Å². The summed E-state index contributed by atoms with van der Waals surface area (Å²) in [5.41, 5.74) is 2.31. The zero-order valence-electron chi connectivity index (χ0n) is 18.8. The number of nitrogens with one attached hydrogen (secondary N) is 1. The molecule has 1 aliphatic rings. The minimum atomic E-state index is 0. The van der Waals surface area contributed by atoms with E-state index in [4.69, 9.17) is 14.2 Å². The van der Waals surface area contributed by atoms with Crippen LogP contribution in [0.2, 0.25) is 0 Å². The van der Waals surface area contributed by atoms with Crippen molar-refractivity contribution < 1.29 is 14.2 Å². The molecule has 0 saturated carbocycles. The van der Waals surface area contributed by atoms with E-state index in [1.807, 2.05) is 44.3 Å². The van der Waals surface area contributed by atoms with Gasteiger partial charge in [0.05, 0.1) is 20.8 Å².